The molecule has 0 amide bonds. The van der Waals surface area contributed by atoms with E-state index in [0.29, 0.717) is 22.1 Å². The summed E-state index contributed by atoms with van der Waals surface area (Å²) in [6.07, 6.45) is 0. The van der Waals surface area contributed by atoms with Crippen molar-refractivity contribution in [3.05, 3.63) is 22.7 Å². The highest BCUT2D eigenvalue weighted by Crippen LogP contribution is 2.31. The monoisotopic (exact) mass is 202 g/mol. The summed E-state index contributed by atoms with van der Waals surface area (Å²) in [6, 6.07) is 3.31. The highest BCUT2D eigenvalue weighted by molar-refractivity contribution is 6.31. The molecule has 0 spiro atoms. The molecular formula is C9H11ClO3. The minimum absolute atomic E-state index is 0.147. The number of hydrogen-bond donors (Lipinski definition) is 1. The number of rotatable bonds is 3. The van der Waals surface area contributed by atoms with Crippen LogP contribution in [0.1, 0.15) is 5.56 Å². The number of halogens is 1. The van der Waals surface area contributed by atoms with Crippen molar-refractivity contribution >= 4 is 11.6 Å². The summed E-state index contributed by atoms with van der Waals surface area (Å²) in [5.74, 6) is 1.14. The number of benzene rings is 1. The Labute approximate surface area is 81.9 Å². The smallest absolute Gasteiger partial charge is 0.129 e. The van der Waals surface area contributed by atoms with Gasteiger partial charge < -0.3 is 14.6 Å². The molecule has 0 saturated carbocycles. The Morgan fingerprint density at radius 3 is 2.46 bits per heavy atom. The van der Waals surface area contributed by atoms with Gasteiger partial charge in [0.1, 0.15) is 11.5 Å². The Kier molecular flexibility index (Phi) is 3.39. The van der Waals surface area contributed by atoms with Crippen LogP contribution in [0.2, 0.25) is 5.02 Å². The van der Waals surface area contributed by atoms with E-state index in [1.165, 1.54) is 7.11 Å². The van der Waals surface area contributed by atoms with Crippen LogP contribution >= 0.6 is 11.6 Å². The lowest BCUT2D eigenvalue weighted by Gasteiger charge is -2.10. The van der Waals surface area contributed by atoms with Crippen molar-refractivity contribution in [1.82, 2.24) is 0 Å². The maximum absolute atomic E-state index is 8.99. The average Bonchev–Trinajstić information content (AvgIpc) is 2.16. The Morgan fingerprint density at radius 1 is 1.31 bits per heavy atom. The second-order valence-corrected chi connectivity index (χ2v) is 2.86. The SMILES string of the molecule is COc1cc(Cl)c(CO)c(OC)c1. The average molecular weight is 203 g/mol. The summed E-state index contributed by atoms with van der Waals surface area (Å²) < 4.78 is 10.0. The van der Waals surface area contributed by atoms with Gasteiger partial charge in [-0.2, -0.15) is 0 Å². The van der Waals surface area contributed by atoms with Crippen LogP contribution < -0.4 is 9.47 Å². The van der Waals surface area contributed by atoms with Crippen LogP contribution in [-0.2, 0) is 6.61 Å². The fraction of sp³-hybridized carbons (Fsp3) is 0.333. The van der Waals surface area contributed by atoms with Gasteiger partial charge in [-0.05, 0) is 6.07 Å². The Balaban J connectivity index is 3.20. The van der Waals surface area contributed by atoms with Crippen LogP contribution in [-0.4, -0.2) is 19.3 Å². The zero-order chi connectivity index (χ0) is 9.84. The molecule has 1 rings (SSSR count). The molecule has 0 bridgehead atoms. The summed E-state index contributed by atoms with van der Waals surface area (Å²) >= 11 is 5.87. The lowest BCUT2D eigenvalue weighted by Crippen LogP contribution is -1.94. The van der Waals surface area contributed by atoms with Gasteiger partial charge in [0, 0.05) is 11.6 Å². The predicted molar refractivity (Wildman–Crippen MR) is 50.5 cm³/mol. The lowest BCUT2D eigenvalue weighted by atomic mass is 10.2. The van der Waals surface area contributed by atoms with Crippen molar-refractivity contribution in [2.24, 2.45) is 0 Å². The van der Waals surface area contributed by atoms with Crippen LogP contribution in [0.25, 0.3) is 0 Å². The van der Waals surface area contributed by atoms with Crippen LogP contribution in [0.3, 0.4) is 0 Å². The van der Waals surface area contributed by atoms with Crippen LogP contribution in [0.5, 0.6) is 11.5 Å². The highest BCUT2D eigenvalue weighted by Gasteiger charge is 2.09. The molecular weight excluding hydrogens is 192 g/mol. The van der Waals surface area contributed by atoms with Crippen molar-refractivity contribution in [2.75, 3.05) is 14.2 Å². The molecule has 1 N–H and O–H groups in total. The first kappa shape index (κ1) is 10.2. The zero-order valence-electron chi connectivity index (χ0n) is 7.50. The molecule has 0 aliphatic rings. The second-order valence-electron chi connectivity index (χ2n) is 2.45. The van der Waals surface area contributed by atoms with Gasteiger partial charge in [-0.25, -0.2) is 0 Å². The van der Waals surface area contributed by atoms with Crippen molar-refractivity contribution in [1.29, 1.82) is 0 Å². The van der Waals surface area contributed by atoms with E-state index in [1.807, 2.05) is 0 Å². The summed E-state index contributed by atoms with van der Waals surface area (Å²) in [6.45, 7) is -0.147. The first-order valence-corrected chi connectivity index (χ1v) is 4.12. The summed E-state index contributed by atoms with van der Waals surface area (Å²) in [4.78, 5) is 0. The van der Waals surface area contributed by atoms with Crippen molar-refractivity contribution in [3.63, 3.8) is 0 Å². The summed E-state index contributed by atoms with van der Waals surface area (Å²) in [5, 5.41) is 9.43. The minimum atomic E-state index is -0.147. The summed E-state index contributed by atoms with van der Waals surface area (Å²) in [5.41, 5.74) is 0.574. The lowest BCUT2D eigenvalue weighted by molar-refractivity contribution is 0.273. The largest absolute Gasteiger partial charge is 0.497 e. The Morgan fingerprint density at radius 2 is 2.00 bits per heavy atom. The molecule has 0 aliphatic heterocycles. The normalized spacial score (nSPS) is 9.85. The molecule has 1 aromatic carbocycles. The fourth-order valence-corrected chi connectivity index (χ4v) is 1.30. The molecule has 0 aromatic heterocycles. The van der Waals surface area contributed by atoms with Crippen molar-refractivity contribution < 1.29 is 14.6 Å². The van der Waals surface area contributed by atoms with Gasteiger partial charge in [0.25, 0.3) is 0 Å². The van der Waals surface area contributed by atoms with Crippen molar-refractivity contribution in [2.45, 2.75) is 6.61 Å². The molecule has 13 heavy (non-hydrogen) atoms. The third kappa shape index (κ3) is 2.05. The first-order valence-electron chi connectivity index (χ1n) is 3.74. The molecule has 0 saturated heterocycles. The van der Waals surface area contributed by atoms with E-state index >= 15 is 0 Å². The van der Waals surface area contributed by atoms with E-state index in [-0.39, 0.29) is 6.61 Å². The van der Waals surface area contributed by atoms with Crippen LogP contribution in [0, 0.1) is 0 Å². The number of ether oxygens (including phenoxy) is 2. The number of aliphatic hydroxyl groups excluding tert-OH is 1. The van der Waals surface area contributed by atoms with E-state index in [0.717, 1.165) is 0 Å². The van der Waals surface area contributed by atoms with E-state index in [1.54, 1.807) is 19.2 Å². The molecule has 1 aromatic rings. The van der Waals surface area contributed by atoms with Gasteiger partial charge in [-0.3, -0.25) is 0 Å². The number of methoxy groups -OCH3 is 2. The fourth-order valence-electron chi connectivity index (χ4n) is 1.04. The maximum Gasteiger partial charge on any atom is 0.129 e. The molecule has 0 unspecified atom stereocenters. The van der Waals surface area contributed by atoms with Gasteiger partial charge >= 0.3 is 0 Å². The second kappa shape index (κ2) is 4.35. The third-order valence-corrected chi connectivity index (χ3v) is 2.08. The Hall–Kier alpha value is -0.930. The number of hydrogen-bond acceptors (Lipinski definition) is 3. The first-order chi connectivity index (χ1) is 6.22. The van der Waals surface area contributed by atoms with Gasteiger partial charge in [0.15, 0.2) is 0 Å². The molecule has 0 atom stereocenters. The van der Waals surface area contributed by atoms with Crippen LogP contribution in [0.4, 0.5) is 0 Å². The maximum atomic E-state index is 8.99. The Bertz CT molecular complexity index is 299. The van der Waals surface area contributed by atoms with Crippen molar-refractivity contribution in [3.8, 4) is 11.5 Å². The van der Waals surface area contributed by atoms with Gasteiger partial charge in [0.2, 0.25) is 0 Å². The van der Waals surface area contributed by atoms with E-state index in [4.69, 9.17) is 26.2 Å². The number of aliphatic hydroxyl groups is 1. The summed E-state index contributed by atoms with van der Waals surface area (Å²) in [7, 11) is 3.06. The van der Waals surface area contributed by atoms with E-state index < -0.39 is 0 Å². The van der Waals surface area contributed by atoms with Gasteiger partial charge in [-0.1, -0.05) is 11.6 Å². The molecule has 0 aliphatic carbocycles. The molecule has 0 fully saturated rings. The van der Waals surface area contributed by atoms with E-state index in [2.05, 4.69) is 0 Å². The topological polar surface area (TPSA) is 38.7 Å². The zero-order valence-corrected chi connectivity index (χ0v) is 8.26. The molecule has 0 heterocycles. The predicted octanol–water partition coefficient (Wildman–Crippen LogP) is 1.85. The molecule has 72 valence electrons. The standard InChI is InChI=1S/C9H11ClO3/c1-12-6-3-8(10)7(5-11)9(4-6)13-2/h3-4,11H,5H2,1-2H3. The minimum Gasteiger partial charge on any atom is -0.497 e. The van der Waals surface area contributed by atoms with E-state index in [9.17, 15) is 0 Å². The highest BCUT2D eigenvalue weighted by atomic mass is 35.5. The van der Waals surface area contributed by atoms with Gasteiger partial charge in [0.05, 0.1) is 25.8 Å². The quantitative estimate of drug-likeness (QED) is 0.813. The molecule has 3 nitrogen and oxygen atoms in total. The molecule has 4 heteroatoms. The van der Waals surface area contributed by atoms with Gasteiger partial charge in [-0.15, -0.1) is 0 Å². The third-order valence-electron chi connectivity index (χ3n) is 1.74. The molecule has 0 radical (unpaired) electrons. The van der Waals surface area contributed by atoms with Crippen LogP contribution in [0.15, 0.2) is 12.1 Å².